The average molecular weight is 407 g/mol. The number of rotatable bonds is 4. The molecular formula is C25H30N2OS. The van der Waals surface area contributed by atoms with Crippen LogP contribution in [0.15, 0.2) is 53.5 Å². The van der Waals surface area contributed by atoms with E-state index < -0.39 is 0 Å². The van der Waals surface area contributed by atoms with Crippen LogP contribution in [0.2, 0.25) is 0 Å². The van der Waals surface area contributed by atoms with E-state index in [1.807, 2.05) is 24.3 Å². The lowest BCUT2D eigenvalue weighted by Crippen LogP contribution is -2.17. The highest BCUT2D eigenvalue weighted by Crippen LogP contribution is 2.27. The van der Waals surface area contributed by atoms with Crippen molar-refractivity contribution in [2.45, 2.75) is 59.9 Å². The fourth-order valence-electron chi connectivity index (χ4n) is 3.37. The van der Waals surface area contributed by atoms with Crippen LogP contribution in [0, 0.1) is 6.92 Å². The van der Waals surface area contributed by atoms with Crippen molar-refractivity contribution in [3.63, 3.8) is 0 Å². The zero-order valence-electron chi connectivity index (χ0n) is 18.2. The van der Waals surface area contributed by atoms with Crippen molar-refractivity contribution in [2.24, 2.45) is 4.99 Å². The van der Waals surface area contributed by atoms with Crippen LogP contribution >= 0.6 is 11.3 Å². The molecule has 3 rings (SSSR count). The van der Waals surface area contributed by atoms with Gasteiger partial charge in [-0.2, -0.15) is 4.99 Å². The Labute approximate surface area is 177 Å². The van der Waals surface area contributed by atoms with E-state index in [2.05, 4.69) is 75.4 Å². The predicted molar refractivity (Wildman–Crippen MR) is 123 cm³/mol. The summed E-state index contributed by atoms with van der Waals surface area (Å²) < 4.78 is 2.16. The molecule has 0 atom stereocenters. The van der Waals surface area contributed by atoms with Crippen LogP contribution in [0.3, 0.4) is 0 Å². The zero-order valence-corrected chi connectivity index (χ0v) is 19.1. The van der Waals surface area contributed by atoms with Gasteiger partial charge in [0.05, 0.1) is 5.69 Å². The zero-order chi connectivity index (χ0) is 21.2. The predicted octanol–water partition coefficient (Wildman–Crippen LogP) is 6.15. The first-order valence-electron chi connectivity index (χ1n) is 10.2. The summed E-state index contributed by atoms with van der Waals surface area (Å²) in [5, 5.41) is 0. The summed E-state index contributed by atoms with van der Waals surface area (Å²) in [6.07, 6.45) is 0.915. The molecule has 3 nitrogen and oxygen atoms in total. The number of aromatic nitrogens is 1. The molecule has 0 bridgehead atoms. The largest absolute Gasteiger partial charge is 0.316 e. The molecule has 4 heteroatoms. The lowest BCUT2D eigenvalue weighted by molar-refractivity contribution is 0.0997. The molecule has 1 heterocycles. The molecule has 0 unspecified atom stereocenters. The number of carbonyl (C=O) groups is 1. The van der Waals surface area contributed by atoms with Gasteiger partial charge in [-0.3, -0.25) is 4.79 Å². The number of aryl methyl sites for hydroxylation is 2. The fourth-order valence-corrected chi connectivity index (χ4v) is 4.52. The lowest BCUT2D eigenvalue weighted by Gasteiger charge is -2.18. The molecule has 0 N–H and O–H groups in total. The molecule has 1 amide bonds. The van der Waals surface area contributed by atoms with Gasteiger partial charge in [0, 0.05) is 17.0 Å². The first-order valence-corrected chi connectivity index (χ1v) is 11.1. The van der Waals surface area contributed by atoms with Gasteiger partial charge in [-0.05, 0) is 48.9 Å². The van der Waals surface area contributed by atoms with Crippen LogP contribution in [-0.2, 0) is 18.4 Å². The maximum atomic E-state index is 12.9. The van der Waals surface area contributed by atoms with Crippen LogP contribution < -0.4 is 4.80 Å². The molecule has 0 radical (unpaired) electrons. The van der Waals surface area contributed by atoms with Crippen molar-refractivity contribution >= 4 is 17.2 Å². The van der Waals surface area contributed by atoms with Crippen LogP contribution in [0.5, 0.6) is 0 Å². The van der Waals surface area contributed by atoms with Gasteiger partial charge in [0.2, 0.25) is 0 Å². The van der Waals surface area contributed by atoms with Crippen molar-refractivity contribution in [2.75, 3.05) is 0 Å². The second-order valence-electron chi connectivity index (χ2n) is 8.36. The quantitative estimate of drug-likeness (QED) is 0.512. The molecule has 29 heavy (non-hydrogen) atoms. The van der Waals surface area contributed by atoms with Gasteiger partial charge in [0.15, 0.2) is 4.80 Å². The first kappa shape index (κ1) is 21.3. The van der Waals surface area contributed by atoms with E-state index in [0.717, 1.165) is 17.8 Å². The highest BCUT2D eigenvalue weighted by atomic mass is 32.1. The van der Waals surface area contributed by atoms with Crippen LogP contribution in [0.25, 0.3) is 11.3 Å². The molecule has 0 spiro atoms. The van der Waals surface area contributed by atoms with Gasteiger partial charge in [-0.1, -0.05) is 69.7 Å². The third-order valence-corrected chi connectivity index (χ3v) is 6.36. The number of carbonyl (C=O) groups excluding carboxylic acids is 1. The third-order valence-electron chi connectivity index (χ3n) is 5.14. The summed E-state index contributed by atoms with van der Waals surface area (Å²) in [5.74, 6) is -0.188. The van der Waals surface area contributed by atoms with E-state index in [1.54, 1.807) is 11.3 Å². The summed E-state index contributed by atoms with van der Waals surface area (Å²) in [6.45, 7) is 13.6. The Morgan fingerprint density at radius 1 is 1.00 bits per heavy atom. The van der Waals surface area contributed by atoms with Gasteiger partial charge in [-0.25, -0.2) is 0 Å². The molecule has 0 saturated carbocycles. The van der Waals surface area contributed by atoms with E-state index in [9.17, 15) is 4.79 Å². The van der Waals surface area contributed by atoms with Gasteiger partial charge in [-0.15, -0.1) is 11.3 Å². The smallest absolute Gasteiger partial charge is 0.279 e. The number of hydrogen-bond acceptors (Lipinski definition) is 2. The summed E-state index contributed by atoms with van der Waals surface area (Å²) in [7, 11) is 0. The van der Waals surface area contributed by atoms with E-state index in [1.165, 1.54) is 27.3 Å². The highest BCUT2D eigenvalue weighted by Gasteiger charge is 2.16. The molecule has 0 fully saturated rings. The third kappa shape index (κ3) is 4.59. The van der Waals surface area contributed by atoms with Crippen molar-refractivity contribution in [3.8, 4) is 11.3 Å². The molecule has 0 aliphatic heterocycles. The van der Waals surface area contributed by atoms with Gasteiger partial charge < -0.3 is 4.57 Å². The Bertz CT molecular complexity index is 1060. The van der Waals surface area contributed by atoms with Gasteiger partial charge in [0.1, 0.15) is 0 Å². The molecular weight excluding hydrogens is 376 g/mol. The van der Waals surface area contributed by atoms with Crippen molar-refractivity contribution in [1.82, 2.24) is 4.57 Å². The number of benzene rings is 2. The standard InChI is InChI=1S/C25H30N2OS/c1-7-21-22(18-11-9-17(3)10-12-18)27(8-2)24(29-21)26-23(28)19-13-15-20(16-14-19)25(4,5)6/h9-16H,7-8H2,1-6H3. The fraction of sp³-hybridized carbons (Fsp3) is 0.360. The van der Waals surface area contributed by atoms with E-state index in [4.69, 9.17) is 0 Å². The molecule has 0 saturated heterocycles. The maximum Gasteiger partial charge on any atom is 0.279 e. The Balaban J connectivity index is 2.05. The Morgan fingerprint density at radius 2 is 1.62 bits per heavy atom. The minimum atomic E-state index is -0.188. The summed E-state index contributed by atoms with van der Waals surface area (Å²) in [5.41, 5.74) is 5.50. The van der Waals surface area contributed by atoms with Crippen molar-refractivity contribution in [3.05, 3.63) is 74.9 Å². The van der Waals surface area contributed by atoms with E-state index >= 15 is 0 Å². The molecule has 3 aromatic rings. The summed E-state index contributed by atoms with van der Waals surface area (Å²) in [6, 6.07) is 16.4. The second-order valence-corrected chi connectivity index (χ2v) is 9.43. The maximum absolute atomic E-state index is 12.9. The minimum Gasteiger partial charge on any atom is -0.316 e. The Hall–Kier alpha value is -2.46. The molecule has 0 aliphatic carbocycles. The van der Waals surface area contributed by atoms with Gasteiger partial charge in [0.25, 0.3) is 5.91 Å². The van der Waals surface area contributed by atoms with E-state index in [-0.39, 0.29) is 11.3 Å². The normalized spacial score (nSPS) is 12.4. The van der Waals surface area contributed by atoms with Crippen LogP contribution in [-0.4, -0.2) is 10.5 Å². The SMILES string of the molecule is CCc1sc(=NC(=O)c2ccc(C(C)(C)C)cc2)n(CC)c1-c1ccc(C)cc1. The second kappa shape index (κ2) is 8.50. The van der Waals surface area contributed by atoms with Crippen molar-refractivity contribution in [1.29, 1.82) is 0 Å². The van der Waals surface area contributed by atoms with Crippen LogP contribution in [0.1, 0.15) is 61.0 Å². The average Bonchev–Trinajstić information content (AvgIpc) is 3.05. The lowest BCUT2D eigenvalue weighted by atomic mass is 9.87. The Kier molecular flexibility index (Phi) is 6.23. The number of amides is 1. The molecule has 152 valence electrons. The number of hydrogen-bond donors (Lipinski definition) is 0. The summed E-state index contributed by atoms with van der Waals surface area (Å²) in [4.78, 5) is 19.4. The first-order chi connectivity index (χ1) is 13.7. The molecule has 0 aliphatic rings. The highest BCUT2D eigenvalue weighted by molar-refractivity contribution is 7.09. The summed E-state index contributed by atoms with van der Waals surface area (Å²) >= 11 is 1.62. The number of thiazole rings is 1. The number of nitrogens with zero attached hydrogens (tertiary/aromatic N) is 2. The minimum absolute atomic E-state index is 0.0661. The Morgan fingerprint density at radius 3 is 2.14 bits per heavy atom. The van der Waals surface area contributed by atoms with Gasteiger partial charge >= 0.3 is 0 Å². The van der Waals surface area contributed by atoms with Crippen LogP contribution in [0.4, 0.5) is 0 Å². The molecule has 1 aromatic heterocycles. The monoisotopic (exact) mass is 406 g/mol. The topological polar surface area (TPSA) is 34.4 Å². The molecule has 2 aromatic carbocycles. The van der Waals surface area contributed by atoms with Crippen molar-refractivity contribution < 1.29 is 4.79 Å². The van der Waals surface area contributed by atoms with E-state index in [0.29, 0.717) is 5.56 Å².